The van der Waals surface area contributed by atoms with Crippen LogP contribution in [-0.2, 0) is 9.31 Å². The van der Waals surface area contributed by atoms with Crippen LogP contribution in [0.5, 0.6) is 0 Å². The summed E-state index contributed by atoms with van der Waals surface area (Å²) in [6, 6.07) is 86.8. The number of pyridine rings is 4. The number of nitrogens with zero attached hydrogens (tertiary/aromatic N) is 4. The lowest BCUT2D eigenvalue weighted by Crippen LogP contribution is -2.41. The highest BCUT2D eigenvalue weighted by Gasteiger charge is 2.51. The van der Waals surface area contributed by atoms with Crippen LogP contribution in [-0.4, -0.2) is 38.3 Å². The Bertz CT molecular complexity index is 5520. The van der Waals surface area contributed by atoms with Crippen molar-refractivity contribution in [3.63, 3.8) is 0 Å². The summed E-state index contributed by atoms with van der Waals surface area (Å²) in [6.07, 6.45) is 0. The van der Waals surface area contributed by atoms with Gasteiger partial charge in [0.1, 0.15) is 0 Å². The average Bonchev–Trinajstić information content (AvgIpc) is 1.45. The van der Waals surface area contributed by atoms with E-state index in [0.717, 1.165) is 76.9 Å². The zero-order valence-electron chi connectivity index (χ0n) is 51.7. The number of halogens is 1. The summed E-state index contributed by atoms with van der Waals surface area (Å²) in [6.45, 7) is 16.4. The number of aromatic nitrogens is 4. The fourth-order valence-corrected chi connectivity index (χ4v) is 13.6. The molecule has 434 valence electrons. The van der Waals surface area contributed by atoms with E-state index in [9.17, 15) is 0 Å². The highest BCUT2D eigenvalue weighted by atomic mass is 35.5. The van der Waals surface area contributed by atoms with Crippen LogP contribution in [0.4, 0.5) is 0 Å². The van der Waals surface area contributed by atoms with Gasteiger partial charge in [0.05, 0.1) is 38.3 Å². The first-order valence-electron chi connectivity index (χ1n) is 30.9. The van der Waals surface area contributed by atoms with Crippen molar-refractivity contribution < 1.29 is 9.31 Å². The highest BCUT2D eigenvalue weighted by molar-refractivity contribution is 6.62. The summed E-state index contributed by atoms with van der Waals surface area (Å²) in [4.78, 5) is 18.9. The average molecular weight is 1180 g/mol. The predicted octanol–water partition coefficient (Wildman–Crippen LogP) is 21.4. The first-order chi connectivity index (χ1) is 43.6. The molecular weight excluding hydrogens is 1120 g/mol. The molecule has 6 nitrogen and oxygen atoms in total. The third-order valence-corrected chi connectivity index (χ3v) is 18.8. The summed E-state index contributed by atoms with van der Waals surface area (Å²) in [5.74, 6) is 0. The van der Waals surface area contributed by atoms with Crippen molar-refractivity contribution in [3.8, 4) is 33.4 Å². The molecule has 0 N–H and O–H groups in total. The normalized spacial score (nSPS) is 13.7. The highest BCUT2D eigenvalue weighted by Crippen LogP contribution is 2.42. The van der Waals surface area contributed by atoms with Crippen molar-refractivity contribution >= 4 is 132 Å². The minimum atomic E-state index is -0.361. The summed E-state index contributed by atoms with van der Waals surface area (Å²) in [7, 11) is -0.361. The van der Waals surface area contributed by atoms with Crippen LogP contribution >= 0.6 is 11.6 Å². The molecule has 0 bridgehead atoms. The second-order valence-electron chi connectivity index (χ2n) is 25.0. The van der Waals surface area contributed by atoms with E-state index in [0.29, 0.717) is 0 Å². The smallest absolute Gasteiger partial charge is 0.399 e. The third-order valence-electron chi connectivity index (χ3n) is 18.5. The Morgan fingerprint density at radius 3 is 1.13 bits per heavy atom. The van der Waals surface area contributed by atoms with E-state index in [1.807, 2.05) is 45.0 Å². The molecule has 4 aromatic heterocycles. The molecule has 0 aliphatic carbocycles. The van der Waals surface area contributed by atoms with E-state index in [-0.39, 0.29) is 18.3 Å². The fraction of sp³-hybridized carbons (Fsp3) is 0.122. The molecule has 0 unspecified atom stereocenters. The monoisotopic (exact) mass is 1180 g/mol. The van der Waals surface area contributed by atoms with Gasteiger partial charge in [-0.05, 0) is 201 Å². The lowest BCUT2D eigenvalue weighted by atomic mass is 9.78. The Morgan fingerprint density at radius 2 is 0.644 bits per heavy atom. The Kier molecular flexibility index (Phi) is 14.0. The Balaban J connectivity index is 0.000000121. The SMILES string of the molecule is CC1(C)OB(c2cccc(-c3ccc4c5ccccc5c5ccccc5c4c3)c2)OC1(C)C.Cc1ccc2ccc3c(-c4cccc(-c5ccc6c7ccccc7c7ccccc7c6c5)c4)cc(C)nc3c2n1.Cc1ccc2ccc3c(Cl)cc(C)nc3c2n1. The van der Waals surface area contributed by atoms with Crippen molar-refractivity contribution in [2.75, 3.05) is 0 Å². The fourth-order valence-electron chi connectivity index (χ4n) is 13.3. The van der Waals surface area contributed by atoms with Crippen LogP contribution in [0, 0.1) is 27.7 Å². The zero-order chi connectivity index (χ0) is 61.6. The molecular formula is C82H64BClN4O2. The minimum absolute atomic E-state index is 0.351. The molecule has 1 fully saturated rings. The first kappa shape index (κ1) is 56.6. The van der Waals surface area contributed by atoms with Crippen molar-refractivity contribution in [1.29, 1.82) is 0 Å². The van der Waals surface area contributed by atoms with E-state index < -0.39 is 0 Å². The van der Waals surface area contributed by atoms with Gasteiger partial charge in [0, 0.05) is 44.3 Å². The van der Waals surface area contributed by atoms with Crippen molar-refractivity contribution in [2.45, 2.75) is 66.6 Å². The summed E-state index contributed by atoms with van der Waals surface area (Å²) < 4.78 is 12.6. The second kappa shape index (κ2) is 22.3. The van der Waals surface area contributed by atoms with E-state index in [2.05, 4.69) is 263 Å². The van der Waals surface area contributed by atoms with Gasteiger partial charge in [-0.3, -0.25) is 19.9 Å². The van der Waals surface area contributed by atoms with E-state index in [1.54, 1.807) is 0 Å². The predicted molar refractivity (Wildman–Crippen MR) is 382 cm³/mol. The Hall–Kier alpha value is -9.89. The third kappa shape index (κ3) is 10.0. The van der Waals surface area contributed by atoms with Gasteiger partial charge in [0.25, 0.3) is 0 Å². The van der Waals surface area contributed by atoms with Gasteiger partial charge in [-0.2, -0.15) is 0 Å². The number of aryl methyl sites for hydroxylation is 4. The van der Waals surface area contributed by atoms with Gasteiger partial charge in [-0.1, -0.05) is 212 Å². The van der Waals surface area contributed by atoms with Crippen LogP contribution in [0.15, 0.2) is 243 Å². The topological polar surface area (TPSA) is 70.0 Å². The van der Waals surface area contributed by atoms with Crippen LogP contribution < -0.4 is 5.46 Å². The number of benzene rings is 12. The summed E-state index contributed by atoms with van der Waals surface area (Å²) in [5, 5.41) is 20.6. The minimum Gasteiger partial charge on any atom is -0.399 e. The largest absolute Gasteiger partial charge is 0.494 e. The molecule has 0 atom stereocenters. The molecule has 16 aromatic rings. The maximum Gasteiger partial charge on any atom is 0.494 e. The van der Waals surface area contributed by atoms with E-state index in [1.165, 1.54) is 98.0 Å². The molecule has 0 spiro atoms. The molecule has 12 aromatic carbocycles. The quantitative estimate of drug-likeness (QED) is 0.129. The number of rotatable bonds is 4. The zero-order valence-corrected chi connectivity index (χ0v) is 52.4. The maximum absolute atomic E-state index is 6.29. The molecule has 0 saturated carbocycles. The van der Waals surface area contributed by atoms with E-state index >= 15 is 0 Å². The van der Waals surface area contributed by atoms with Crippen LogP contribution in [0.1, 0.15) is 50.5 Å². The van der Waals surface area contributed by atoms with Crippen molar-refractivity contribution in [3.05, 3.63) is 270 Å². The molecule has 0 amide bonds. The standard InChI is InChI=1S/C38H26N2.C30H27BO2.C14H11ClN2/c1-23-14-15-25-16-19-34-35(20-24(2)40-38(34)37(25)39-23)28-9-7-8-26(21-28)27-17-18-33-31-12-4-3-10-29(31)30-11-5-6-13-32(30)36(33)22-27;1-29(2)30(3,4)33-31(32-29)22-11-9-10-20(18-22)21-16-17-27-25-14-6-5-12-23(25)24-13-7-8-15-26(24)28(27)19-21;1-8-3-4-10-5-6-11-12(15)7-9(2)17-14(11)13(10)16-8/h3-22H,1-2H3;5-19H,1-4H3;3-7H,1-2H3. The molecule has 1 aliphatic rings. The molecule has 90 heavy (non-hydrogen) atoms. The number of hydrogen-bond acceptors (Lipinski definition) is 6. The van der Waals surface area contributed by atoms with Gasteiger partial charge in [0.2, 0.25) is 0 Å². The molecule has 1 aliphatic heterocycles. The van der Waals surface area contributed by atoms with Gasteiger partial charge in [0.15, 0.2) is 0 Å². The van der Waals surface area contributed by atoms with Gasteiger partial charge in [-0.25, -0.2) is 0 Å². The van der Waals surface area contributed by atoms with Crippen molar-refractivity contribution in [1.82, 2.24) is 19.9 Å². The molecule has 17 rings (SSSR count). The molecule has 8 heteroatoms. The van der Waals surface area contributed by atoms with E-state index in [4.69, 9.17) is 30.9 Å². The molecule has 0 radical (unpaired) electrons. The van der Waals surface area contributed by atoms with Gasteiger partial charge in [-0.15, -0.1) is 0 Å². The van der Waals surface area contributed by atoms with Crippen molar-refractivity contribution in [2.24, 2.45) is 0 Å². The van der Waals surface area contributed by atoms with Crippen LogP contribution in [0.25, 0.3) is 142 Å². The number of hydrogen-bond donors (Lipinski definition) is 0. The lowest BCUT2D eigenvalue weighted by Gasteiger charge is -2.32. The van der Waals surface area contributed by atoms with Gasteiger partial charge >= 0.3 is 7.12 Å². The summed E-state index contributed by atoms with van der Waals surface area (Å²) >= 11 is 6.23. The number of fused-ring (bicyclic) bond motifs is 18. The second-order valence-corrected chi connectivity index (χ2v) is 25.4. The lowest BCUT2D eigenvalue weighted by molar-refractivity contribution is 0.00578. The van der Waals surface area contributed by atoms with Crippen LogP contribution in [0.2, 0.25) is 5.02 Å². The Morgan fingerprint density at radius 1 is 0.289 bits per heavy atom. The first-order valence-corrected chi connectivity index (χ1v) is 31.2. The molecule has 1 saturated heterocycles. The molecule has 5 heterocycles. The summed E-state index contributed by atoms with van der Waals surface area (Å²) in [5.41, 5.74) is 15.1. The van der Waals surface area contributed by atoms with Gasteiger partial charge < -0.3 is 9.31 Å². The Labute approximate surface area is 528 Å². The maximum atomic E-state index is 6.29. The van der Waals surface area contributed by atoms with Crippen LogP contribution in [0.3, 0.4) is 0 Å².